The lowest BCUT2D eigenvalue weighted by Gasteiger charge is -2.19. The van der Waals surface area contributed by atoms with Gasteiger partial charge in [-0.3, -0.25) is 4.79 Å². The molecule has 0 spiro atoms. The van der Waals surface area contributed by atoms with Gasteiger partial charge in [0.15, 0.2) is 0 Å². The van der Waals surface area contributed by atoms with Crippen molar-refractivity contribution in [3.05, 3.63) is 83.6 Å². The van der Waals surface area contributed by atoms with Crippen molar-refractivity contribution in [2.75, 3.05) is 13.2 Å². The first-order valence-electron chi connectivity index (χ1n) is 14.1. The smallest absolute Gasteiger partial charge is 0.340 e. The van der Waals surface area contributed by atoms with Crippen molar-refractivity contribution < 1.29 is 28.5 Å². The van der Waals surface area contributed by atoms with Crippen molar-refractivity contribution in [2.24, 2.45) is 0 Å². The van der Waals surface area contributed by atoms with Gasteiger partial charge in [0.2, 0.25) is 0 Å². The molecular formula is C34H39NO6. The summed E-state index contributed by atoms with van der Waals surface area (Å²) in [6.45, 7) is 14.4. The van der Waals surface area contributed by atoms with Crippen molar-refractivity contribution in [3.8, 4) is 22.9 Å². The maximum Gasteiger partial charge on any atom is 0.340 e. The van der Waals surface area contributed by atoms with Crippen LogP contribution in [0.2, 0.25) is 0 Å². The molecule has 0 saturated heterocycles. The number of rotatable bonds is 10. The summed E-state index contributed by atoms with van der Waals surface area (Å²) >= 11 is 0. The number of esters is 2. The van der Waals surface area contributed by atoms with Crippen molar-refractivity contribution in [1.29, 1.82) is 0 Å². The van der Waals surface area contributed by atoms with E-state index in [1.165, 1.54) is 5.56 Å². The van der Waals surface area contributed by atoms with Gasteiger partial charge in [-0.05, 0) is 93.3 Å². The van der Waals surface area contributed by atoms with Gasteiger partial charge >= 0.3 is 11.9 Å². The molecule has 1 heterocycles. The molecule has 0 aliphatic carbocycles. The third-order valence-corrected chi connectivity index (χ3v) is 6.56. The number of aromatic nitrogens is 1. The Bertz CT molecular complexity index is 1510. The summed E-state index contributed by atoms with van der Waals surface area (Å²) in [7, 11) is 0. The summed E-state index contributed by atoms with van der Waals surface area (Å²) < 4.78 is 24.7. The van der Waals surface area contributed by atoms with Crippen LogP contribution in [0.3, 0.4) is 0 Å². The van der Waals surface area contributed by atoms with E-state index in [-0.39, 0.29) is 31.2 Å². The number of fused-ring (bicyclic) bond motifs is 1. The average molecular weight is 558 g/mol. The first-order chi connectivity index (χ1) is 19.5. The fraction of sp³-hybridized carbons (Fsp3) is 0.353. The fourth-order valence-corrected chi connectivity index (χ4v) is 4.73. The monoisotopic (exact) mass is 557 g/mol. The summed E-state index contributed by atoms with van der Waals surface area (Å²) in [5.74, 6) is 1.03. The second-order valence-corrected chi connectivity index (χ2v) is 11.1. The second-order valence-electron chi connectivity index (χ2n) is 11.1. The Labute approximate surface area is 242 Å². The van der Waals surface area contributed by atoms with E-state index >= 15 is 0 Å². The van der Waals surface area contributed by atoms with Crippen LogP contribution in [0.4, 0.5) is 0 Å². The van der Waals surface area contributed by atoms with Crippen LogP contribution < -0.4 is 9.47 Å². The molecule has 0 aliphatic heterocycles. The van der Waals surface area contributed by atoms with E-state index in [1.807, 2.05) is 73.0 Å². The predicted octanol–water partition coefficient (Wildman–Crippen LogP) is 7.79. The maximum atomic E-state index is 13.4. The third-order valence-electron chi connectivity index (χ3n) is 6.56. The Morgan fingerprint density at radius 1 is 0.805 bits per heavy atom. The lowest BCUT2D eigenvalue weighted by atomic mass is 9.87. The minimum absolute atomic E-state index is 0.0311. The van der Waals surface area contributed by atoms with E-state index in [2.05, 4.69) is 32.9 Å². The standard InChI is InChI=1S/C34H39NO6/c1-8-38-31(36)21-30-32(33(37)39-9-2)28-20-27(41-26-14-10-23(11-15-26)34(5,6)7)18-19-29(28)35(30)24-12-16-25(17-13-24)40-22(3)4/h10-20,22H,8-9,21H2,1-7H3. The zero-order chi connectivity index (χ0) is 29.7. The molecule has 0 saturated carbocycles. The van der Waals surface area contributed by atoms with Gasteiger partial charge in [0, 0.05) is 16.8 Å². The number of hydrogen-bond donors (Lipinski definition) is 0. The highest BCUT2D eigenvalue weighted by atomic mass is 16.5. The molecule has 4 aromatic rings. The number of carbonyl (C=O) groups excluding carboxylic acids is 2. The summed E-state index contributed by atoms with van der Waals surface area (Å²) in [5.41, 5.74) is 3.54. The van der Waals surface area contributed by atoms with E-state index in [0.29, 0.717) is 28.1 Å². The van der Waals surface area contributed by atoms with Crippen LogP contribution >= 0.6 is 0 Å². The van der Waals surface area contributed by atoms with Crippen LogP contribution in [0.5, 0.6) is 17.2 Å². The molecule has 7 heteroatoms. The molecule has 1 aromatic heterocycles. The summed E-state index contributed by atoms with van der Waals surface area (Å²) in [5, 5.41) is 0.620. The van der Waals surface area contributed by atoms with Crippen molar-refractivity contribution in [3.63, 3.8) is 0 Å². The van der Waals surface area contributed by atoms with Gasteiger partial charge in [-0.25, -0.2) is 4.79 Å². The van der Waals surface area contributed by atoms with Crippen LogP contribution in [0, 0.1) is 0 Å². The Morgan fingerprint density at radius 3 is 2.00 bits per heavy atom. The van der Waals surface area contributed by atoms with Crippen molar-refractivity contribution in [1.82, 2.24) is 4.57 Å². The molecule has 0 atom stereocenters. The van der Waals surface area contributed by atoms with Gasteiger partial charge in [-0.1, -0.05) is 32.9 Å². The van der Waals surface area contributed by atoms with Crippen molar-refractivity contribution >= 4 is 22.8 Å². The zero-order valence-electron chi connectivity index (χ0n) is 24.9. The summed E-state index contributed by atoms with van der Waals surface area (Å²) in [6.07, 6.45) is -0.0723. The van der Waals surface area contributed by atoms with E-state index in [0.717, 1.165) is 17.0 Å². The van der Waals surface area contributed by atoms with E-state index in [4.69, 9.17) is 18.9 Å². The molecule has 0 amide bonds. The zero-order valence-corrected chi connectivity index (χ0v) is 24.9. The van der Waals surface area contributed by atoms with E-state index in [9.17, 15) is 9.59 Å². The molecule has 0 radical (unpaired) electrons. The number of nitrogens with zero attached hydrogens (tertiary/aromatic N) is 1. The van der Waals surface area contributed by atoms with Crippen LogP contribution in [0.1, 0.15) is 70.1 Å². The minimum Gasteiger partial charge on any atom is -0.491 e. The van der Waals surface area contributed by atoms with Gasteiger partial charge in [0.05, 0.1) is 36.8 Å². The highest BCUT2D eigenvalue weighted by Gasteiger charge is 2.27. The van der Waals surface area contributed by atoms with Gasteiger partial charge in [-0.2, -0.15) is 0 Å². The van der Waals surface area contributed by atoms with Crippen LogP contribution in [0.25, 0.3) is 16.6 Å². The molecular weight excluding hydrogens is 518 g/mol. The molecule has 0 bridgehead atoms. The van der Waals surface area contributed by atoms with Crippen molar-refractivity contribution in [2.45, 2.75) is 66.4 Å². The lowest BCUT2D eigenvalue weighted by Crippen LogP contribution is -2.15. The number of hydrogen-bond acceptors (Lipinski definition) is 6. The average Bonchev–Trinajstić information content (AvgIpc) is 3.21. The highest BCUT2D eigenvalue weighted by Crippen LogP contribution is 2.36. The van der Waals surface area contributed by atoms with Gasteiger partial charge in [0.1, 0.15) is 17.2 Å². The second kappa shape index (κ2) is 12.5. The molecule has 41 heavy (non-hydrogen) atoms. The molecule has 0 unspecified atom stereocenters. The molecule has 0 aliphatic rings. The Balaban J connectivity index is 1.86. The minimum atomic E-state index is -0.512. The van der Waals surface area contributed by atoms with Gasteiger partial charge in [-0.15, -0.1) is 0 Å². The Kier molecular flexibility index (Phi) is 9.06. The van der Waals surface area contributed by atoms with Crippen LogP contribution in [0.15, 0.2) is 66.7 Å². The van der Waals surface area contributed by atoms with E-state index in [1.54, 1.807) is 13.8 Å². The fourth-order valence-electron chi connectivity index (χ4n) is 4.73. The number of ether oxygens (including phenoxy) is 4. The lowest BCUT2D eigenvalue weighted by molar-refractivity contribution is -0.142. The molecule has 4 rings (SSSR count). The largest absolute Gasteiger partial charge is 0.491 e. The molecule has 0 N–H and O–H groups in total. The molecule has 3 aromatic carbocycles. The SMILES string of the molecule is CCOC(=O)Cc1c(C(=O)OCC)c2cc(Oc3ccc(C(C)(C)C)cc3)ccc2n1-c1ccc(OC(C)C)cc1. The molecule has 7 nitrogen and oxygen atoms in total. The Hall–Kier alpha value is -4.26. The molecule has 0 fully saturated rings. The van der Waals surface area contributed by atoms with Gasteiger partial charge < -0.3 is 23.5 Å². The van der Waals surface area contributed by atoms with Crippen LogP contribution in [-0.2, 0) is 26.1 Å². The first kappa shape index (κ1) is 29.7. The molecule has 216 valence electrons. The highest BCUT2D eigenvalue weighted by molar-refractivity contribution is 6.07. The quantitative estimate of drug-likeness (QED) is 0.185. The summed E-state index contributed by atoms with van der Waals surface area (Å²) in [6, 6.07) is 21.1. The predicted molar refractivity (Wildman–Crippen MR) is 161 cm³/mol. The van der Waals surface area contributed by atoms with E-state index < -0.39 is 11.9 Å². The first-order valence-corrected chi connectivity index (χ1v) is 14.1. The topological polar surface area (TPSA) is 76.0 Å². The number of carbonyl (C=O) groups is 2. The van der Waals surface area contributed by atoms with Gasteiger partial charge in [0.25, 0.3) is 0 Å². The third kappa shape index (κ3) is 6.91. The summed E-state index contributed by atoms with van der Waals surface area (Å²) in [4.78, 5) is 26.1. The number of benzene rings is 3. The van der Waals surface area contributed by atoms with Crippen LogP contribution in [-0.4, -0.2) is 35.8 Å². The normalized spacial score (nSPS) is 11.5. The Morgan fingerprint density at radius 2 is 1.41 bits per heavy atom. The maximum absolute atomic E-state index is 13.4.